The first-order valence-corrected chi connectivity index (χ1v) is 12.1. The third-order valence-corrected chi connectivity index (χ3v) is 7.51. The second-order valence-corrected chi connectivity index (χ2v) is 9.08. The summed E-state index contributed by atoms with van der Waals surface area (Å²) >= 11 is 1.63. The largest absolute Gasteiger partial charge is 0.330 e. The van der Waals surface area contributed by atoms with Crippen LogP contribution in [0.4, 0.5) is 4.79 Å². The van der Waals surface area contributed by atoms with Crippen molar-refractivity contribution in [3.05, 3.63) is 65.3 Å². The van der Waals surface area contributed by atoms with Crippen LogP contribution >= 0.6 is 11.3 Å². The second-order valence-electron chi connectivity index (χ2n) is 8.17. The van der Waals surface area contributed by atoms with Crippen LogP contribution in [0, 0.1) is 0 Å². The molecular formula is C25H28N4O3S. The molecule has 0 saturated carbocycles. The van der Waals surface area contributed by atoms with Crippen LogP contribution < -0.4 is 5.32 Å². The van der Waals surface area contributed by atoms with Gasteiger partial charge in [0.25, 0.3) is 5.91 Å². The van der Waals surface area contributed by atoms with E-state index in [1.165, 1.54) is 0 Å². The molecule has 4 amide bonds. The first kappa shape index (κ1) is 22.9. The summed E-state index contributed by atoms with van der Waals surface area (Å²) in [5, 5.41) is 5.95. The number of imide groups is 1. The van der Waals surface area contributed by atoms with E-state index in [2.05, 4.69) is 27.8 Å². The number of amides is 4. The van der Waals surface area contributed by atoms with Crippen LogP contribution in [-0.4, -0.2) is 51.3 Å². The van der Waals surface area contributed by atoms with Gasteiger partial charge in [-0.3, -0.25) is 19.5 Å². The number of nitrogens with one attached hydrogen (secondary N) is 1. The zero-order valence-electron chi connectivity index (χ0n) is 19.1. The normalized spacial score (nSPS) is 16.2. The molecule has 1 unspecified atom stereocenters. The number of urea groups is 1. The number of rotatable bonds is 8. The van der Waals surface area contributed by atoms with Crippen LogP contribution in [0.25, 0.3) is 10.1 Å². The molecule has 0 spiro atoms. The van der Waals surface area contributed by atoms with Crippen molar-refractivity contribution in [3.8, 4) is 0 Å². The quantitative estimate of drug-likeness (QED) is 0.503. The van der Waals surface area contributed by atoms with Crippen molar-refractivity contribution in [1.29, 1.82) is 0 Å². The number of likely N-dealkylation sites (N-methyl/N-ethyl adjacent to an activating group) is 1. The Labute approximate surface area is 197 Å². The minimum Gasteiger partial charge on any atom is -0.330 e. The van der Waals surface area contributed by atoms with E-state index in [9.17, 15) is 14.4 Å². The van der Waals surface area contributed by atoms with Crippen LogP contribution in [0.3, 0.4) is 0 Å². The van der Waals surface area contributed by atoms with Gasteiger partial charge in [0.05, 0.1) is 6.04 Å². The molecule has 0 bridgehead atoms. The highest BCUT2D eigenvalue weighted by Crippen LogP contribution is 2.37. The molecule has 1 N–H and O–H groups in total. The van der Waals surface area contributed by atoms with Gasteiger partial charge in [-0.25, -0.2) is 4.79 Å². The SMILES string of the molecule is CCN(C(=O)CN1C(=O)NC(CC)(CC)C1=O)C(c1cccnc1)c1csc2ccccc12. The summed E-state index contributed by atoms with van der Waals surface area (Å²) in [6.07, 6.45) is 4.43. The highest BCUT2D eigenvalue weighted by atomic mass is 32.1. The van der Waals surface area contributed by atoms with Crippen LogP contribution in [0.15, 0.2) is 54.2 Å². The zero-order chi connectivity index (χ0) is 23.6. The molecule has 1 fully saturated rings. The molecule has 2 aromatic heterocycles. The minimum absolute atomic E-state index is 0.284. The topological polar surface area (TPSA) is 82.6 Å². The molecule has 4 rings (SSSR count). The Morgan fingerprint density at radius 2 is 1.91 bits per heavy atom. The number of hydrogen-bond donors (Lipinski definition) is 1. The maximum absolute atomic E-state index is 13.6. The van der Waals surface area contributed by atoms with Crippen molar-refractivity contribution < 1.29 is 14.4 Å². The summed E-state index contributed by atoms with van der Waals surface area (Å²) in [5.74, 6) is -0.617. The first-order valence-electron chi connectivity index (χ1n) is 11.2. The first-order chi connectivity index (χ1) is 16.0. The molecule has 1 aliphatic rings. The summed E-state index contributed by atoms with van der Waals surface area (Å²) in [6, 6.07) is 11.0. The summed E-state index contributed by atoms with van der Waals surface area (Å²) < 4.78 is 1.13. The minimum atomic E-state index is -0.930. The second kappa shape index (κ2) is 9.31. The average Bonchev–Trinajstić information content (AvgIpc) is 3.37. The van der Waals surface area contributed by atoms with Crippen molar-refractivity contribution in [2.75, 3.05) is 13.1 Å². The standard InChI is InChI=1S/C25H28N4O3S/c1-4-25(5-2)23(31)29(24(32)27-25)15-21(30)28(6-3)22(17-10-9-13-26-14-17)19-16-33-20-12-8-7-11-18(19)20/h7-14,16,22H,4-6,15H2,1-3H3,(H,27,32). The highest BCUT2D eigenvalue weighted by Gasteiger charge is 2.49. The number of nitrogens with zero attached hydrogens (tertiary/aromatic N) is 3. The lowest BCUT2D eigenvalue weighted by Gasteiger charge is -2.32. The Morgan fingerprint density at radius 3 is 2.55 bits per heavy atom. The van der Waals surface area contributed by atoms with Gasteiger partial charge in [-0.2, -0.15) is 0 Å². The van der Waals surface area contributed by atoms with Gasteiger partial charge in [0.1, 0.15) is 12.1 Å². The zero-order valence-corrected chi connectivity index (χ0v) is 19.9. The summed E-state index contributed by atoms with van der Waals surface area (Å²) in [4.78, 5) is 46.3. The monoisotopic (exact) mass is 464 g/mol. The lowest BCUT2D eigenvalue weighted by Crippen LogP contribution is -2.47. The smallest absolute Gasteiger partial charge is 0.325 e. The van der Waals surface area contributed by atoms with E-state index in [0.717, 1.165) is 26.1 Å². The van der Waals surface area contributed by atoms with E-state index in [4.69, 9.17) is 0 Å². The lowest BCUT2D eigenvalue weighted by molar-refractivity contribution is -0.140. The van der Waals surface area contributed by atoms with Gasteiger partial charge < -0.3 is 10.2 Å². The molecule has 172 valence electrons. The van der Waals surface area contributed by atoms with Gasteiger partial charge in [-0.15, -0.1) is 11.3 Å². The van der Waals surface area contributed by atoms with Crippen molar-refractivity contribution in [2.45, 2.75) is 45.2 Å². The van der Waals surface area contributed by atoms with E-state index < -0.39 is 11.6 Å². The van der Waals surface area contributed by atoms with Gasteiger partial charge in [0.2, 0.25) is 5.91 Å². The summed E-state index contributed by atoms with van der Waals surface area (Å²) in [7, 11) is 0. The maximum Gasteiger partial charge on any atom is 0.325 e. The lowest BCUT2D eigenvalue weighted by atomic mass is 9.93. The predicted molar refractivity (Wildman–Crippen MR) is 129 cm³/mol. The van der Waals surface area contributed by atoms with Crippen molar-refractivity contribution in [1.82, 2.24) is 20.1 Å². The Balaban J connectivity index is 1.70. The Bertz CT molecular complexity index is 1170. The average molecular weight is 465 g/mol. The number of carbonyl (C=O) groups is 3. The van der Waals surface area contributed by atoms with Gasteiger partial charge >= 0.3 is 6.03 Å². The molecule has 0 radical (unpaired) electrons. The molecule has 3 heterocycles. The van der Waals surface area contributed by atoms with E-state index >= 15 is 0 Å². The van der Waals surface area contributed by atoms with Crippen LogP contribution in [0.5, 0.6) is 0 Å². The molecule has 0 aliphatic carbocycles. The summed E-state index contributed by atoms with van der Waals surface area (Å²) in [6.45, 7) is 5.76. The number of hydrogen-bond acceptors (Lipinski definition) is 5. The molecular weight excluding hydrogens is 436 g/mol. The third kappa shape index (κ3) is 3.99. The Hall–Kier alpha value is -3.26. The predicted octanol–water partition coefficient (Wildman–Crippen LogP) is 4.34. The fourth-order valence-corrected chi connectivity index (χ4v) is 5.53. The molecule has 1 atom stereocenters. The highest BCUT2D eigenvalue weighted by molar-refractivity contribution is 7.17. The van der Waals surface area contributed by atoms with Gasteiger partial charge in [0.15, 0.2) is 0 Å². The van der Waals surface area contributed by atoms with Crippen molar-refractivity contribution >= 4 is 39.3 Å². The van der Waals surface area contributed by atoms with Gasteiger partial charge in [0, 0.05) is 23.6 Å². The number of thiophene rings is 1. The molecule has 33 heavy (non-hydrogen) atoms. The molecule has 8 heteroatoms. The van der Waals surface area contributed by atoms with Crippen molar-refractivity contribution in [2.24, 2.45) is 0 Å². The maximum atomic E-state index is 13.6. The van der Waals surface area contributed by atoms with Gasteiger partial charge in [-0.1, -0.05) is 38.1 Å². The molecule has 1 aromatic carbocycles. The fraction of sp³-hybridized carbons (Fsp3) is 0.360. The number of carbonyl (C=O) groups excluding carboxylic acids is 3. The van der Waals surface area contributed by atoms with Crippen LogP contribution in [0.1, 0.15) is 50.8 Å². The summed E-state index contributed by atoms with van der Waals surface area (Å²) in [5.41, 5.74) is 0.957. The number of benzene rings is 1. The fourth-order valence-electron chi connectivity index (χ4n) is 4.55. The Kier molecular flexibility index (Phi) is 6.47. The van der Waals surface area contributed by atoms with Crippen molar-refractivity contribution in [3.63, 3.8) is 0 Å². The number of aromatic nitrogens is 1. The van der Waals surface area contributed by atoms with E-state index in [1.807, 2.05) is 45.0 Å². The molecule has 3 aromatic rings. The molecule has 1 aliphatic heterocycles. The molecule has 7 nitrogen and oxygen atoms in total. The van der Waals surface area contributed by atoms with E-state index in [-0.39, 0.29) is 24.4 Å². The Morgan fingerprint density at radius 1 is 1.15 bits per heavy atom. The molecule has 1 saturated heterocycles. The number of pyridine rings is 1. The van der Waals surface area contributed by atoms with E-state index in [0.29, 0.717) is 19.4 Å². The van der Waals surface area contributed by atoms with E-state index in [1.54, 1.807) is 28.6 Å². The van der Waals surface area contributed by atoms with Gasteiger partial charge in [-0.05, 0) is 53.8 Å². The number of fused-ring (bicyclic) bond motifs is 1. The van der Waals surface area contributed by atoms with Crippen LogP contribution in [-0.2, 0) is 9.59 Å². The third-order valence-electron chi connectivity index (χ3n) is 6.52. The van der Waals surface area contributed by atoms with Crippen LogP contribution in [0.2, 0.25) is 0 Å².